The third kappa shape index (κ3) is 3.84. The summed E-state index contributed by atoms with van der Waals surface area (Å²) in [6.45, 7) is 4.01. The Morgan fingerprint density at radius 2 is 1.90 bits per heavy atom. The number of benzene rings is 2. The molecular weight excluding hydrogens is 270 g/mol. The van der Waals surface area contributed by atoms with Gasteiger partial charge in [-0.15, -0.1) is 0 Å². The van der Waals surface area contributed by atoms with Crippen LogP contribution in [0.3, 0.4) is 0 Å². The zero-order chi connectivity index (χ0) is 14.5. The number of hydrogen-bond acceptors (Lipinski definition) is 1. The Bertz CT molecular complexity index is 595. The smallest absolute Gasteiger partial charge is 0.225 e. The van der Waals surface area contributed by atoms with Crippen LogP contribution in [0.15, 0.2) is 48.5 Å². The molecule has 0 aliphatic rings. The first-order valence-electron chi connectivity index (χ1n) is 6.67. The van der Waals surface area contributed by atoms with E-state index in [1.54, 1.807) is 0 Å². The van der Waals surface area contributed by atoms with Crippen molar-refractivity contribution in [2.24, 2.45) is 0 Å². The molecule has 2 aromatic rings. The van der Waals surface area contributed by atoms with Gasteiger partial charge in [-0.25, -0.2) is 0 Å². The van der Waals surface area contributed by atoms with Crippen molar-refractivity contribution < 1.29 is 4.79 Å². The molecule has 1 amide bonds. The zero-order valence-corrected chi connectivity index (χ0v) is 12.4. The SMILES string of the molecule is Cc1ccc(NC(=O)C[C@H](C)c2ccccc2)c(Cl)c1. The topological polar surface area (TPSA) is 29.1 Å². The van der Waals surface area contributed by atoms with Crippen molar-refractivity contribution in [2.45, 2.75) is 26.2 Å². The third-order valence-electron chi connectivity index (χ3n) is 3.26. The normalized spacial score (nSPS) is 11.9. The van der Waals surface area contributed by atoms with E-state index >= 15 is 0 Å². The van der Waals surface area contributed by atoms with Crippen molar-refractivity contribution in [2.75, 3.05) is 5.32 Å². The highest BCUT2D eigenvalue weighted by Crippen LogP contribution is 2.24. The van der Waals surface area contributed by atoms with E-state index in [-0.39, 0.29) is 11.8 Å². The Morgan fingerprint density at radius 1 is 1.20 bits per heavy atom. The van der Waals surface area contributed by atoms with Gasteiger partial charge >= 0.3 is 0 Å². The number of halogens is 1. The van der Waals surface area contributed by atoms with Crippen LogP contribution in [0, 0.1) is 6.92 Å². The van der Waals surface area contributed by atoms with Gasteiger partial charge in [-0.3, -0.25) is 4.79 Å². The Morgan fingerprint density at radius 3 is 2.55 bits per heavy atom. The lowest BCUT2D eigenvalue weighted by molar-refractivity contribution is -0.116. The molecule has 0 fully saturated rings. The van der Waals surface area contributed by atoms with Gasteiger partial charge in [0.05, 0.1) is 10.7 Å². The molecule has 0 saturated carbocycles. The molecular formula is C17H18ClNO. The van der Waals surface area contributed by atoms with Gasteiger partial charge in [-0.1, -0.05) is 54.9 Å². The van der Waals surface area contributed by atoms with E-state index in [4.69, 9.17) is 11.6 Å². The lowest BCUT2D eigenvalue weighted by Gasteiger charge is -2.13. The maximum atomic E-state index is 12.1. The van der Waals surface area contributed by atoms with E-state index in [1.807, 2.05) is 62.4 Å². The van der Waals surface area contributed by atoms with E-state index in [1.165, 1.54) is 0 Å². The Hall–Kier alpha value is -1.80. The third-order valence-corrected chi connectivity index (χ3v) is 3.57. The van der Waals surface area contributed by atoms with E-state index in [0.29, 0.717) is 17.1 Å². The lowest BCUT2D eigenvalue weighted by Crippen LogP contribution is -2.14. The first-order chi connectivity index (χ1) is 9.56. The zero-order valence-electron chi connectivity index (χ0n) is 11.7. The number of anilines is 1. The molecule has 0 bridgehead atoms. The van der Waals surface area contributed by atoms with Crippen LogP contribution in [-0.2, 0) is 4.79 Å². The molecule has 0 aromatic heterocycles. The average Bonchev–Trinajstić information content (AvgIpc) is 2.43. The highest BCUT2D eigenvalue weighted by Gasteiger charge is 2.12. The van der Waals surface area contributed by atoms with Crippen LogP contribution in [0.5, 0.6) is 0 Å². The van der Waals surface area contributed by atoms with Crippen molar-refractivity contribution in [3.05, 3.63) is 64.7 Å². The molecule has 2 nitrogen and oxygen atoms in total. The maximum absolute atomic E-state index is 12.1. The lowest BCUT2D eigenvalue weighted by atomic mass is 9.97. The fraction of sp³-hybridized carbons (Fsp3) is 0.235. The molecule has 20 heavy (non-hydrogen) atoms. The molecule has 1 atom stereocenters. The van der Waals surface area contributed by atoms with Crippen molar-refractivity contribution in [3.63, 3.8) is 0 Å². The number of hydrogen-bond donors (Lipinski definition) is 1. The van der Waals surface area contributed by atoms with Gasteiger partial charge in [0, 0.05) is 6.42 Å². The van der Waals surface area contributed by atoms with Crippen LogP contribution in [-0.4, -0.2) is 5.91 Å². The molecule has 0 saturated heterocycles. The van der Waals surface area contributed by atoms with Crippen molar-refractivity contribution in [1.82, 2.24) is 0 Å². The van der Waals surface area contributed by atoms with Crippen molar-refractivity contribution in [1.29, 1.82) is 0 Å². The van der Waals surface area contributed by atoms with Crippen LogP contribution >= 0.6 is 11.6 Å². The summed E-state index contributed by atoms with van der Waals surface area (Å²) in [4.78, 5) is 12.1. The largest absolute Gasteiger partial charge is 0.325 e. The Kier molecular flexibility index (Phi) is 4.80. The molecule has 2 aromatic carbocycles. The monoisotopic (exact) mass is 287 g/mol. The summed E-state index contributed by atoms with van der Waals surface area (Å²) in [6, 6.07) is 15.6. The van der Waals surface area contributed by atoms with Crippen LogP contribution in [0.1, 0.15) is 30.4 Å². The summed E-state index contributed by atoms with van der Waals surface area (Å²) in [6.07, 6.45) is 0.439. The minimum atomic E-state index is -0.0212. The summed E-state index contributed by atoms with van der Waals surface area (Å²) in [5, 5.41) is 3.44. The molecule has 0 aliphatic heterocycles. The Labute approximate surface area is 124 Å². The predicted octanol–water partition coefficient (Wildman–Crippen LogP) is 4.78. The Balaban J connectivity index is 1.99. The summed E-state index contributed by atoms with van der Waals surface area (Å²) in [7, 11) is 0. The molecule has 0 heterocycles. The van der Waals surface area contributed by atoms with Gasteiger partial charge < -0.3 is 5.32 Å². The second kappa shape index (κ2) is 6.58. The molecule has 0 radical (unpaired) electrons. The van der Waals surface area contributed by atoms with E-state index < -0.39 is 0 Å². The molecule has 0 unspecified atom stereocenters. The molecule has 1 N–H and O–H groups in total. The fourth-order valence-electron chi connectivity index (χ4n) is 2.10. The van der Waals surface area contributed by atoms with Crippen LogP contribution in [0.25, 0.3) is 0 Å². The van der Waals surface area contributed by atoms with E-state index in [2.05, 4.69) is 5.32 Å². The number of carbonyl (C=O) groups excluding carboxylic acids is 1. The molecule has 0 aliphatic carbocycles. The summed E-state index contributed by atoms with van der Waals surface area (Å²) in [5.41, 5.74) is 2.91. The summed E-state index contributed by atoms with van der Waals surface area (Å²) in [5.74, 6) is 0.160. The summed E-state index contributed by atoms with van der Waals surface area (Å²) >= 11 is 6.11. The second-order valence-corrected chi connectivity index (χ2v) is 5.45. The fourth-order valence-corrected chi connectivity index (χ4v) is 2.38. The van der Waals surface area contributed by atoms with Crippen LogP contribution < -0.4 is 5.32 Å². The number of carbonyl (C=O) groups is 1. The van der Waals surface area contributed by atoms with Gasteiger partial charge in [0.25, 0.3) is 0 Å². The first-order valence-corrected chi connectivity index (χ1v) is 7.05. The highest BCUT2D eigenvalue weighted by molar-refractivity contribution is 6.33. The average molecular weight is 288 g/mol. The number of aryl methyl sites for hydroxylation is 1. The van der Waals surface area contributed by atoms with Gasteiger partial charge in [-0.05, 0) is 36.1 Å². The molecule has 104 valence electrons. The van der Waals surface area contributed by atoms with E-state index in [9.17, 15) is 4.79 Å². The van der Waals surface area contributed by atoms with Crippen molar-refractivity contribution >= 4 is 23.2 Å². The van der Waals surface area contributed by atoms with Gasteiger partial charge in [-0.2, -0.15) is 0 Å². The van der Waals surface area contributed by atoms with Crippen LogP contribution in [0.2, 0.25) is 5.02 Å². The minimum absolute atomic E-state index is 0.0212. The predicted molar refractivity (Wildman–Crippen MR) is 84.3 cm³/mol. The second-order valence-electron chi connectivity index (χ2n) is 5.05. The van der Waals surface area contributed by atoms with Gasteiger partial charge in [0.15, 0.2) is 0 Å². The highest BCUT2D eigenvalue weighted by atomic mass is 35.5. The molecule has 2 rings (SSSR count). The van der Waals surface area contributed by atoms with E-state index in [0.717, 1.165) is 11.1 Å². The van der Waals surface area contributed by atoms with Crippen molar-refractivity contribution in [3.8, 4) is 0 Å². The maximum Gasteiger partial charge on any atom is 0.225 e. The summed E-state index contributed by atoms with van der Waals surface area (Å²) < 4.78 is 0. The number of rotatable bonds is 4. The number of nitrogens with one attached hydrogen (secondary N) is 1. The number of amides is 1. The van der Waals surface area contributed by atoms with Gasteiger partial charge in [0.1, 0.15) is 0 Å². The molecule has 3 heteroatoms. The first kappa shape index (κ1) is 14.6. The minimum Gasteiger partial charge on any atom is -0.325 e. The quantitative estimate of drug-likeness (QED) is 0.861. The van der Waals surface area contributed by atoms with Gasteiger partial charge in [0.2, 0.25) is 5.91 Å². The standard InChI is InChI=1S/C17H18ClNO/c1-12-8-9-16(15(18)10-12)19-17(20)11-13(2)14-6-4-3-5-7-14/h3-10,13H,11H2,1-2H3,(H,19,20)/t13-/m0/s1. The van der Waals surface area contributed by atoms with Crippen LogP contribution in [0.4, 0.5) is 5.69 Å². The molecule has 0 spiro atoms.